The Hall–Kier alpha value is -3.12. The number of benzene rings is 1. The molecule has 0 aliphatic rings. The lowest BCUT2D eigenvalue weighted by atomic mass is 10.2. The van der Waals surface area contributed by atoms with Crippen molar-refractivity contribution in [2.45, 2.75) is 12.8 Å². The fraction of sp³-hybridized carbons (Fsp3) is 0.222. The van der Waals surface area contributed by atoms with Crippen molar-refractivity contribution in [1.29, 1.82) is 0 Å². The molecule has 0 saturated carbocycles. The molecule has 0 fully saturated rings. The summed E-state index contributed by atoms with van der Waals surface area (Å²) in [5, 5.41) is 0.462. The first-order chi connectivity index (χ1) is 13.9. The van der Waals surface area contributed by atoms with Gasteiger partial charge < -0.3 is 10.5 Å². The first kappa shape index (κ1) is 21.6. The van der Waals surface area contributed by atoms with Crippen molar-refractivity contribution in [3.05, 3.63) is 53.9 Å². The Labute approximate surface area is 169 Å². The molecular weight excluding hydrogens is 425 g/mol. The van der Waals surface area contributed by atoms with E-state index in [1.807, 2.05) is 0 Å². The number of amides is 1. The lowest BCUT2D eigenvalue weighted by Crippen LogP contribution is -2.24. The van der Waals surface area contributed by atoms with Gasteiger partial charge in [-0.3, -0.25) is 9.36 Å². The van der Waals surface area contributed by atoms with Crippen molar-refractivity contribution in [2.24, 2.45) is 5.73 Å². The van der Waals surface area contributed by atoms with E-state index in [0.717, 1.165) is 18.4 Å². The third-order valence-electron chi connectivity index (χ3n) is 4.03. The number of ether oxygens (including phenoxy) is 1. The van der Waals surface area contributed by atoms with Crippen LogP contribution in [0.5, 0.6) is 5.75 Å². The fourth-order valence-corrected chi connectivity index (χ4v) is 3.37. The minimum Gasteiger partial charge on any atom is -0.406 e. The molecule has 3 N–H and O–H groups in total. The van der Waals surface area contributed by atoms with Crippen LogP contribution in [0.25, 0.3) is 16.7 Å². The van der Waals surface area contributed by atoms with Crippen molar-refractivity contribution in [2.75, 3.05) is 12.8 Å². The average Bonchev–Trinajstić information content (AvgIpc) is 2.98. The van der Waals surface area contributed by atoms with Gasteiger partial charge in [-0.2, -0.15) is 0 Å². The van der Waals surface area contributed by atoms with Crippen LogP contribution in [0, 0.1) is 0 Å². The van der Waals surface area contributed by atoms with Crippen LogP contribution in [0.2, 0.25) is 0 Å². The number of rotatable bonds is 7. The van der Waals surface area contributed by atoms with Gasteiger partial charge in [-0.25, -0.2) is 18.1 Å². The Balaban J connectivity index is 2.05. The van der Waals surface area contributed by atoms with E-state index in [2.05, 4.69) is 14.4 Å². The molecule has 0 unspecified atom stereocenters. The van der Waals surface area contributed by atoms with Crippen LogP contribution in [0.1, 0.15) is 16.2 Å². The van der Waals surface area contributed by atoms with Gasteiger partial charge in [0.2, 0.25) is 10.0 Å². The maximum absolute atomic E-state index is 12.6. The Kier molecular flexibility index (Phi) is 5.72. The Morgan fingerprint density at radius 3 is 2.60 bits per heavy atom. The van der Waals surface area contributed by atoms with Gasteiger partial charge in [0.1, 0.15) is 17.3 Å². The number of hydrogen-bond acceptors (Lipinski definition) is 5. The number of sulfonamides is 1. The Morgan fingerprint density at radius 1 is 1.23 bits per heavy atom. The van der Waals surface area contributed by atoms with E-state index in [9.17, 15) is 26.4 Å². The van der Waals surface area contributed by atoms with Gasteiger partial charge in [-0.1, -0.05) is 6.07 Å². The highest BCUT2D eigenvalue weighted by Crippen LogP contribution is 2.30. The SMILES string of the molecule is CS(=O)(=O)NCCc1cccc(-n2c(C(N)=O)cc3ccc(OC(F)(F)F)cc32)n1. The number of primary amides is 1. The Bertz CT molecular complexity index is 1210. The number of hydrogen-bond donors (Lipinski definition) is 2. The van der Waals surface area contributed by atoms with E-state index in [0.29, 0.717) is 11.1 Å². The lowest BCUT2D eigenvalue weighted by Gasteiger charge is -2.12. The summed E-state index contributed by atoms with van der Waals surface area (Å²) in [6.45, 7) is 0.105. The molecule has 0 aliphatic heterocycles. The molecule has 1 aromatic carbocycles. The van der Waals surface area contributed by atoms with E-state index in [1.165, 1.54) is 16.7 Å². The molecule has 2 aromatic heterocycles. The summed E-state index contributed by atoms with van der Waals surface area (Å²) in [6, 6.07) is 9.91. The summed E-state index contributed by atoms with van der Waals surface area (Å²) < 4.78 is 67.8. The predicted octanol–water partition coefficient (Wildman–Crippen LogP) is 2.11. The number of nitrogens with two attached hydrogens (primary N) is 1. The highest BCUT2D eigenvalue weighted by atomic mass is 32.2. The van der Waals surface area contributed by atoms with Crippen LogP contribution in [-0.4, -0.2) is 43.0 Å². The highest BCUT2D eigenvalue weighted by Gasteiger charge is 2.31. The second-order valence-corrected chi connectivity index (χ2v) is 8.23. The molecular formula is C18H17F3N4O4S. The minimum atomic E-state index is -4.87. The molecule has 3 rings (SSSR count). The summed E-state index contributed by atoms with van der Waals surface area (Å²) in [5.41, 5.74) is 6.21. The Morgan fingerprint density at radius 2 is 1.97 bits per heavy atom. The number of aromatic nitrogens is 2. The zero-order valence-corrected chi connectivity index (χ0v) is 16.4. The fourth-order valence-electron chi connectivity index (χ4n) is 2.90. The van der Waals surface area contributed by atoms with Crippen molar-refractivity contribution < 1.29 is 31.1 Å². The smallest absolute Gasteiger partial charge is 0.406 e. The number of pyridine rings is 1. The average molecular weight is 442 g/mol. The highest BCUT2D eigenvalue weighted by molar-refractivity contribution is 7.88. The molecule has 0 radical (unpaired) electrons. The summed E-state index contributed by atoms with van der Waals surface area (Å²) in [5.74, 6) is -1.02. The third-order valence-corrected chi connectivity index (χ3v) is 4.76. The van der Waals surface area contributed by atoms with Gasteiger partial charge in [0.25, 0.3) is 5.91 Å². The number of nitrogens with one attached hydrogen (secondary N) is 1. The molecule has 12 heteroatoms. The number of carbonyl (C=O) groups excluding carboxylic acids is 1. The van der Waals surface area contributed by atoms with E-state index >= 15 is 0 Å². The van der Waals surface area contributed by atoms with Crippen LogP contribution >= 0.6 is 0 Å². The molecule has 0 bridgehead atoms. The summed E-state index contributed by atoms with van der Waals surface area (Å²) in [4.78, 5) is 16.3. The molecule has 0 saturated heterocycles. The molecule has 2 heterocycles. The van der Waals surface area contributed by atoms with Crippen molar-refractivity contribution in [3.63, 3.8) is 0 Å². The van der Waals surface area contributed by atoms with E-state index in [1.54, 1.807) is 18.2 Å². The zero-order chi connectivity index (χ0) is 22.1. The standard InChI is InChI=1S/C18H17F3N4O4S/c1-30(27,28)23-8-7-12-3-2-4-16(24-12)25-14-10-13(29-18(19,20)21)6-5-11(14)9-15(25)17(22)26/h2-6,9-10,23H,7-8H2,1H3,(H2,22,26). The number of nitrogens with zero attached hydrogens (tertiary/aromatic N) is 2. The van der Waals surface area contributed by atoms with Gasteiger partial charge in [0.05, 0.1) is 11.8 Å². The van der Waals surface area contributed by atoms with Gasteiger partial charge in [0, 0.05) is 30.1 Å². The number of carbonyl (C=O) groups is 1. The van der Waals surface area contributed by atoms with Crippen molar-refractivity contribution in [1.82, 2.24) is 14.3 Å². The van der Waals surface area contributed by atoms with E-state index < -0.39 is 28.0 Å². The van der Waals surface area contributed by atoms with Crippen LogP contribution in [0.4, 0.5) is 13.2 Å². The molecule has 0 atom stereocenters. The summed E-state index contributed by atoms with van der Waals surface area (Å²) >= 11 is 0. The maximum atomic E-state index is 12.6. The zero-order valence-electron chi connectivity index (χ0n) is 15.6. The van der Waals surface area contributed by atoms with Gasteiger partial charge >= 0.3 is 6.36 Å². The molecule has 3 aromatic rings. The molecule has 8 nitrogen and oxygen atoms in total. The first-order valence-electron chi connectivity index (χ1n) is 8.55. The van der Waals surface area contributed by atoms with Crippen molar-refractivity contribution in [3.8, 4) is 11.6 Å². The minimum absolute atomic E-state index is 0.0214. The van der Waals surface area contributed by atoms with Crippen LogP contribution < -0.4 is 15.2 Å². The topological polar surface area (TPSA) is 116 Å². The molecule has 0 aliphatic carbocycles. The van der Waals surface area contributed by atoms with Crippen LogP contribution in [-0.2, 0) is 16.4 Å². The predicted molar refractivity (Wildman–Crippen MR) is 103 cm³/mol. The normalized spacial score (nSPS) is 12.3. The summed E-state index contributed by atoms with van der Waals surface area (Å²) in [7, 11) is -3.36. The number of alkyl halides is 3. The second kappa shape index (κ2) is 7.95. The van der Waals surface area contributed by atoms with Gasteiger partial charge in [-0.05, 0) is 30.3 Å². The third kappa shape index (κ3) is 5.27. The molecule has 30 heavy (non-hydrogen) atoms. The van der Waals surface area contributed by atoms with Crippen LogP contribution in [0.15, 0.2) is 42.5 Å². The first-order valence-corrected chi connectivity index (χ1v) is 10.4. The van der Waals surface area contributed by atoms with E-state index in [-0.39, 0.29) is 30.0 Å². The van der Waals surface area contributed by atoms with Crippen molar-refractivity contribution >= 4 is 26.8 Å². The molecule has 160 valence electrons. The van der Waals surface area contributed by atoms with Gasteiger partial charge in [0.15, 0.2) is 0 Å². The lowest BCUT2D eigenvalue weighted by molar-refractivity contribution is -0.274. The molecule has 1 amide bonds. The monoisotopic (exact) mass is 442 g/mol. The number of halogens is 3. The molecule has 0 spiro atoms. The maximum Gasteiger partial charge on any atom is 0.573 e. The second-order valence-electron chi connectivity index (χ2n) is 6.40. The summed E-state index contributed by atoms with van der Waals surface area (Å²) in [6.07, 6.45) is -3.58. The largest absolute Gasteiger partial charge is 0.573 e. The quantitative estimate of drug-likeness (QED) is 0.581. The van der Waals surface area contributed by atoms with Crippen LogP contribution in [0.3, 0.4) is 0 Å². The number of fused-ring (bicyclic) bond motifs is 1. The van der Waals surface area contributed by atoms with Gasteiger partial charge in [-0.15, -0.1) is 13.2 Å². The van der Waals surface area contributed by atoms with E-state index in [4.69, 9.17) is 5.73 Å².